The predicted molar refractivity (Wildman–Crippen MR) is 255 cm³/mol. The number of rotatable bonds is 9. The van der Waals surface area contributed by atoms with Crippen LogP contribution in [0.25, 0.3) is 22.2 Å². The number of hydrogen-bond acceptors (Lipinski definition) is 9. The molecular formula is C51H59F2N11O5. The van der Waals surface area contributed by atoms with Crippen molar-refractivity contribution in [1.29, 1.82) is 0 Å². The second-order valence-corrected chi connectivity index (χ2v) is 19.4. The number of anilines is 2. The standard InChI is InChI=1S/C51H59F2N11O5/c1-32(65)61-26-19-41-40(31-61)49(62-21-5-8-35-27-38(36-29-54-57(2)30-36)39(48(52)53)28-44(35)62)56-64(41)37-17-24-60(25-18-37)46(67)10-6-20-59-22-15-33(16-23-59)11-12-34-7-4-9-42-47(34)58(3)51(69)63(42)43-13-14-45(66)55-50(43)68/h4,7,9,27-30,33,37,43,48H,5-6,8,10,13-26,31H2,1-3H3,(H,55,66,68). The van der Waals surface area contributed by atoms with Crippen LogP contribution in [0.2, 0.25) is 0 Å². The lowest BCUT2D eigenvalue weighted by atomic mass is 9.92. The molecule has 3 fully saturated rings. The molecule has 1 atom stereocenters. The zero-order chi connectivity index (χ0) is 48.1. The van der Waals surface area contributed by atoms with Gasteiger partial charge in [-0.15, -0.1) is 0 Å². The van der Waals surface area contributed by atoms with Gasteiger partial charge in [0.25, 0.3) is 6.43 Å². The molecule has 1 N–H and O–H groups in total. The van der Waals surface area contributed by atoms with E-state index >= 15 is 0 Å². The van der Waals surface area contributed by atoms with Crippen LogP contribution >= 0.6 is 0 Å². The summed E-state index contributed by atoms with van der Waals surface area (Å²) in [4.78, 5) is 72.3. The van der Waals surface area contributed by atoms with Crippen LogP contribution in [-0.4, -0.2) is 113 Å². The zero-order valence-electron chi connectivity index (χ0n) is 39.6. The van der Waals surface area contributed by atoms with Crippen molar-refractivity contribution in [2.45, 2.75) is 103 Å². The van der Waals surface area contributed by atoms with Crippen molar-refractivity contribution in [3.63, 3.8) is 0 Å². The first-order chi connectivity index (χ1) is 33.3. The Morgan fingerprint density at radius 3 is 2.45 bits per heavy atom. The summed E-state index contributed by atoms with van der Waals surface area (Å²) >= 11 is 0. The molecule has 0 bridgehead atoms. The minimum atomic E-state index is -2.68. The smallest absolute Gasteiger partial charge is 0.329 e. The maximum absolute atomic E-state index is 14.7. The van der Waals surface area contributed by atoms with Gasteiger partial charge >= 0.3 is 5.69 Å². The molecule has 3 saturated heterocycles. The van der Waals surface area contributed by atoms with Gasteiger partial charge in [0.15, 0.2) is 5.82 Å². The van der Waals surface area contributed by atoms with Crippen LogP contribution in [0.15, 0.2) is 47.5 Å². The average molecular weight is 944 g/mol. The third kappa shape index (κ3) is 8.97. The van der Waals surface area contributed by atoms with Gasteiger partial charge in [0.1, 0.15) is 6.04 Å². The fourth-order valence-electron chi connectivity index (χ4n) is 11.3. The number of imide groups is 1. The second kappa shape index (κ2) is 19.1. The molecule has 2 aromatic carbocycles. The summed E-state index contributed by atoms with van der Waals surface area (Å²) in [6.45, 7) is 7.06. The molecule has 8 heterocycles. The number of nitrogens with one attached hydrogen (secondary N) is 1. The number of benzene rings is 2. The highest BCUT2D eigenvalue weighted by Gasteiger charge is 2.36. The summed E-state index contributed by atoms with van der Waals surface area (Å²) in [6, 6.07) is 8.40. The van der Waals surface area contributed by atoms with Gasteiger partial charge in [-0.25, -0.2) is 13.6 Å². The zero-order valence-corrected chi connectivity index (χ0v) is 39.6. The van der Waals surface area contributed by atoms with E-state index in [4.69, 9.17) is 5.10 Å². The van der Waals surface area contributed by atoms with Crippen molar-refractivity contribution >= 4 is 46.2 Å². The van der Waals surface area contributed by atoms with Gasteiger partial charge in [0.2, 0.25) is 23.6 Å². The first-order valence-electron chi connectivity index (χ1n) is 24.5. The van der Waals surface area contributed by atoms with E-state index in [2.05, 4.69) is 36.7 Å². The molecule has 0 saturated carbocycles. The number of alkyl halides is 2. The largest absolute Gasteiger partial charge is 0.343 e. The van der Waals surface area contributed by atoms with Gasteiger partial charge in [-0.2, -0.15) is 10.2 Å². The Kier molecular flexibility index (Phi) is 12.7. The molecule has 5 aromatic rings. The Bertz CT molecular complexity index is 2960. The van der Waals surface area contributed by atoms with Crippen molar-refractivity contribution in [2.75, 3.05) is 50.7 Å². The van der Waals surface area contributed by atoms with E-state index < -0.39 is 18.4 Å². The molecular weight excluding hydrogens is 885 g/mol. The molecule has 0 radical (unpaired) electrons. The molecule has 4 amide bonds. The quantitative estimate of drug-likeness (QED) is 0.148. The van der Waals surface area contributed by atoms with Gasteiger partial charge in [-0.05, 0) is 106 Å². The van der Waals surface area contributed by atoms with E-state index in [1.165, 1.54) is 9.13 Å². The highest BCUT2D eigenvalue weighted by atomic mass is 19.3. The van der Waals surface area contributed by atoms with Gasteiger partial charge < -0.3 is 19.6 Å². The Morgan fingerprint density at radius 2 is 1.72 bits per heavy atom. The molecule has 362 valence electrons. The van der Waals surface area contributed by atoms with Crippen LogP contribution in [-0.2, 0) is 52.7 Å². The molecule has 5 aliphatic heterocycles. The number of amides is 4. The predicted octanol–water partition coefficient (Wildman–Crippen LogP) is 5.55. The number of halogens is 2. The van der Waals surface area contributed by atoms with Gasteiger partial charge in [0, 0.05) is 107 Å². The number of aryl methyl sites for hydroxylation is 3. The number of imidazole rings is 1. The third-order valence-electron chi connectivity index (χ3n) is 15.0. The first-order valence-corrected chi connectivity index (χ1v) is 24.5. The number of carbonyl (C=O) groups excluding carboxylic acids is 4. The number of carbonyl (C=O) groups is 4. The summed E-state index contributed by atoms with van der Waals surface area (Å²) < 4.78 is 36.3. The first kappa shape index (κ1) is 46.1. The average Bonchev–Trinajstić information content (AvgIpc) is 4.03. The highest BCUT2D eigenvalue weighted by Crippen LogP contribution is 2.44. The number of para-hydroxylation sites is 1. The SMILES string of the molecule is CC(=O)N1CCc2c(c(N3CCCc4cc(-c5cnn(C)c5)c(C(F)F)cc43)nn2C2CCN(C(=O)CCCN3CCC(C#Cc4cccc5c4n(C)c(=O)n5C4CCC(=O)NC4=O)CC3)CC2)C1. The Labute approximate surface area is 399 Å². The van der Waals surface area contributed by atoms with Crippen molar-refractivity contribution < 1.29 is 28.0 Å². The van der Waals surface area contributed by atoms with Crippen LogP contribution in [0.3, 0.4) is 0 Å². The molecule has 0 spiro atoms. The van der Waals surface area contributed by atoms with Gasteiger partial charge in [-0.1, -0.05) is 17.9 Å². The number of nitrogens with zero attached hydrogens (tertiary/aromatic N) is 10. The lowest BCUT2D eigenvalue weighted by Crippen LogP contribution is -2.44. The molecule has 69 heavy (non-hydrogen) atoms. The van der Waals surface area contributed by atoms with E-state index in [9.17, 15) is 32.8 Å². The molecule has 10 rings (SSSR count). The van der Waals surface area contributed by atoms with E-state index in [1.807, 2.05) is 34.1 Å². The Morgan fingerprint density at radius 1 is 0.928 bits per heavy atom. The number of fused-ring (bicyclic) bond motifs is 3. The number of piperidine rings is 3. The second-order valence-electron chi connectivity index (χ2n) is 19.4. The third-order valence-corrected chi connectivity index (χ3v) is 15.0. The summed E-state index contributed by atoms with van der Waals surface area (Å²) in [7, 11) is 3.46. The summed E-state index contributed by atoms with van der Waals surface area (Å²) in [5.41, 5.74) is 6.59. The van der Waals surface area contributed by atoms with E-state index in [0.29, 0.717) is 67.7 Å². The van der Waals surface area contributed by atoms with Crippen LogP contribution in [0.4, 0.5) is 20.3 Å². The summed E-state index contributed by atoms with van der Waals surface area (Å²) in [5.74, 6) is 7.08. The minimum absolute atomic E-state index is 0.00989. The van der Waals surface area contributed by atoms with Crippen LogP contribution in [0.1, 0.15) is 111 Å². The Hall–Kier alpha value is -6.61. The maximum Gasteiger partial charge on any atom is 0.329 e. The van der Waals surface area contributed by atoms with E-state index in [1.54, 1.807) is 44.2 Å². The monoisotopic (exact) mass is 943 g/mol. The summed E-state index contributed by atoms with van der Waals surface area (Å²) in [5, 5.41) is 11.9. The molecule has 0 aliphatic carbocycles. The maximum atomic E-state index is 14.7. The molecule has 5 aliphatic rings. The van der Waals surface area contributed by atoms with Gasteiger partial charge in [0.05, 0.1) is 35.4 Å². The van der Waals surface area contributed by atoms with Crippen LogP contribution in [0, 0.1) is 17.8 Å². The summed E-state index contributed by atoms with van der Waals surface area (Å²) in [6.07, 6.45) is 7.94. The lowest BCUT2D eigenvalue weighted by molar-refractivity contribution is -0.136. The van der Waals surface area contributed by atoms with E-state index in [0.717, 1.165) is 98.5 Å². The number of likely N-dealkylation sites (tertiary alicyclic amines) is 2. The molecule has 3 aromatic heterocycles. The Balaban J connectivity index is 0.751. The van der Waals surface area contributed by atoms with Crippen molar-refractivity contribution in [1.82, 2.24) is 48.7 Å². The highest BCUT2D eigenvalue weighted by molar-refractivity contribution is 6.00. The lowest BCUT2D eigenvalue weighted by Gasteiger charge is -2.34. The van der Waals surface area contributed by atoms with Crippen LogP contribution < -0.4 is 15.9 Å². The van der Waals surface area contributed by atoms with Crippen LogP contribution in [0.5, 0.6) is 0 Å². The van der Waals surface area contributed by atoms with Crippen molar-refractivity contribution in [2.24, 2.45) is 20.0 Å². The number of hydrogen-bond donors (Lipinski definition) is 1. The normalized spacial score (nSPS) is 19.4. The number of aromatic nitrogens is 6. The molecule has 16 nitrogen and oxygen atoms in total. The minimum Gasteiger partial charge on any atom is -0.343 e. The van der Waals surface area contributed by atoms with Crippen molar-refractivity contribution in [3.05, 3.63) is 81.2 Å². The fraction of sp³-hybridized carbons (Fsp3) is 0.510. The van der Waals surface area contributed by atoms with Crippen molar-refractivity contribution in [3.8, 4) is 23.0 Å². The molecule has 18 heteroatoms. The van der Waals surface area contributed by atoms with Gasteiger partial charge in [-0.3, -0.25) is 43.0 Å². The van der Waals surface area contributed by atoms with E-state index in [-0.39, 0.29) is 53.8 Å². The topological polar surface area (TPSA) is 156 Å². The fourth-order valence-corrected chi connectivity index (χ4v) is 11.3. The molecule has 1 unspecified atom stereocenters.